The summed E-state index contributed by atoms with van der Waals surface area (Å²) in [6.07, 6.45) is 2.21. The summed E-state index contributed by atoms with van der Waals surface area (Å²) in [7, 11) is 0. The first-order valence-corrected chi connectivity index (χ1v) is 7.29. The van der Waals surface area contributed by atoms with Crippen LogP contribution in [0.4, 0.5) is 5.82 Å². The molecule has 1 atom stereocenters. The normalized spacial score (nSPS) is 11.6. The van der Waals surface area contributed by atoms with Gasteiger partial charge in [-0.05, 0) is 30.0 Å². The summed E-state index contributed by atoms with van der Waals surface area (Å²) >= 11 is 0. The van der Waals surface area contributed by atoms with E-state index in [9.17, 15) is 4.79 Å². The van der Waals surface area contributed by atoms with Crippen molar-refractivity contribution in [3.8, 4) is 0 Å². The molecule has 4 N–H and O–H groups in total. The Morgan fingerprint density at radius 1 is 1.36 bits per heavy atom. The molecule has 0 fully saturated rings. The van der Waals surface area contributed by atoms with Crippen molar-refractivity contribution in [2.75, 3.05) is 5.32 Å². The molecule has 0 spiro atoms. The van der Waals surface area contributed by atoms with Crippen LogP contribution in [0.5, 0.6) is 0 Å². The molecule has 6 heteroatoms. The summed E-state index contributed by atoms with van der Waals surface area (Å²) in [5.41, 5.74) is 8.18. The number of carbonyl (C=O) groups excluding carboxylic acids is 1. The first kappa shape index (κ1) is 18.2. The summed E-state index contributed by atoms with van der Waals surface area (Å²) in [6.45, 7) is 4.77. The van der Waals surface area contributed by atoms with Crippen molar-refractivity contribution in [3.63, 3.8) is 0 Å². The van der Waals surface area contributed by atoms with Crippen molar-refractivity contribution in [3.05, 3.63) is 47.2 Å². The first-order chi connectivity index (χ1) is 10.1. The van der Waals surface area contributed by atoms with Gasteiger partial charge in [0.1, 0.15) is 0 Å². The van der Waals surface area contributed by atoms with Crippen LogP contribution >= 0.6 is 12.4 Å². The van der Waals surface area contributed by atoms with Gasteiger partial charge in [-0.3, -0.25) is 9.89 Å². The monoisotopic (exact) mass is 322 g/mol. The van der Waals surface area contributed by atoms with Crippen LogP contribution in [0, 0.1) is 0 Å². The molecule has 0 aliphatic carbocycles. The van der Waals surface area contributed by atoms with E-state index in [0.29, 0.717) is 23.8 Å². The Bertz CT molecular complexity index is 594. The van der Waals surface area contributed by atoms with Gasteiger partial charge in [-0.25, -0.2) is 0 Å². The number of benzene rings is 1. The quantitative estimate of drug-likeness (QED) is 0.761. The number of carbonyl (C=O) groups is 1. The standard InChI is InChI=1S/C16H22N4O.ClH/c1-3-4-11(2)14-9-15(20-19-14)18-16(21)13-7-5-12(10-17)6-8-13;/h5-9,11H,3-4,10,17H2,1-2H3,(H2,18,19,20,21);1H. The highest BCUT2D eigenvalue weighted by Gasteiger charge is 2.11. The largest absolute Gasteiger partial charge is 0.326 e. The van der Waals surface area contributed by atoms with Crippen LogP contribution in [0.3, 0.4) is 0 Å². The van der Waals surface area contributed by atoms with Gasteiger partial charge in [0.05, 0.1) is 0 Å². The smallest absolute Gasteiger partial charge is 0.256 e. The predicted molar refractivity (Wildman–Crippen MR) is 91.4 cm³/mol. The Balaban J connectivity index is 0.00000242. The Morgan fingerprint density at radius 3 is 2.64 bits per heavy atom. The fourth-order valence-electron chi connectivity index (χ4n) is 2.22. The lowest BCUT2D eigenvalue weighted by molar-refractivity contribution is 0.102. The molecule has 1 unspecified atom stereocenters. The molecule has 0 saturated heterocycles. The van der Waals surface area contributed by atoms with E-state index in [0.717, 1.165) is 24.1 Å². The summed E-state index contributed by atoms with van der Waals surface area (Å²) in [5.74, 6) is 0.803. The molecule has 22 heavy (non-hydrogen) atoms. The molecule has 1 heterocycles. The van der Waals surface area contributed by atoms with Gasteiger partial charge in [0.2, 0.25) is 0 Å². The number of rotatable bonds is 6. The topological polar surface area (TPSA) is 83.8 Å². The minimum Gasteiger partial charge on any atom is -0.326 e. The fraction of sp³-hybridized carbons (Fsp3) is 0.375. The SMILES string of the molecule is CCCC(C)c1cc(NC(=O)c2ccc(CN)cc2)n[nH]1.Cl. The molecule has 0 saturated carbocycles. The molecule has 0 radical (unpaired) electrons. The second-order valence-corrected chi connectivity index (χ2v) is 5.25. The molecular weight excluding hydrogens is 300 g/mol. The van der Waals surface area contributed by atoms with E-state index in [2.05, 4.69) is 29.4 Å². The number of nitrogens with two attached hydrogens (primary N) is 1. The summed E-state index contributed by atoms with van der Waals surface area (Å²) in [5, 5.41) is 9.93. The molecule has 0 aliphatic heterocycles. The van der Waals surface area contributed by atoms with Crippen molar-refractivity contribution in [2.45, 2.75) is 39.2 Å². The van der Waals surface area contributed by atoms with Crippen molar-refractivity contribution < 1.29 is 4.79 Å². The van der Waals surface area contributed by atoms with Crippen molar-refractivity contribution in [1.29, 1.82) is 0 Å². The van der Waals surface area contributed by atoms with Crippen LogP contribution in [0.15, 0.2) is 30.3 Å². The number of anilines is 1. The second kappa shape index (κ2) is 8.56. The highest BCUT2D eigenvalue weighted by atomic mass is 35.5. The Hall–Kier alpha value is -1.85. The number of hydrogen-bond donors (Lipinski definition) is 3. The predicted octanol–water partition coefficient (Wildman–Crippen LogP) is 3.45. The zero-order chi connectivity index (χ0) is 15.2. The highest BCUT2D eigenvalue weighted by Crippen LogP contribution is 2.20. The maximum atomic E-state index is 12.1. The van der Waals surface area contributed by atoms with E-state index in [1.54, 1.807) is 12.1 Å². The lowest BCUT2D eigenvalue weighted by Crippen LogP contribution is -2.12. The number of halogens is 1. The van der Waals surface area contributed by atoms with Gasteiger partial charge in [-0.1, -0.05) is 32.4 Å². The van der Waals surface area contributed by atoms with Crippen LogP contribution in [0.1, 0.15) is 54.2 Å². The molecular formula is C16H23ClN4O. The van der Waals surface area contributed by atoms with Gasteiger partial charge in [0, 0.05) is 23.9 Å². The Morgan fingerprint density at radius 2 is 2.05 bits per heavy atom. The third-order valence-electron chi connectivity index (χ3n) is 3.54. The van der Waals surface area contributed by atoms with Crippen molar-refractivity contribution >= 4 is 24.1 Å². The average Bonchev–Trinajstić information content (AvgIpc) is 2.96. The molecule has 0 aliphatic rings. The van der Waals surface area contributed by atoms with Gasteiger partial charge in [-0.2, -0.15) is 5.10 Å². The number of aromatic nitrogens is 2. The minimum atomic E-state index is -0.167. The lowest BCUT2D eigenvalue weighted by Gasteiger charge is -2.05. The van der Waals surface area contributed by atoms with E-state index >= 15 is 0 Å². The number of H-pyrrole nitrogens is 1. The van der Waals surface area contributed by atoms with E-state index in [1.807, 2.05) is 18.2 Å². The summed E-state index contributed by atoms with van der Waals surface area (Å²) < 4.78 is 0. The molecule has 2 rings (SSSR count). The number of amides is 1. The Kier molecular flexibility index (Phi) is 7.08. The highest BCUT2D eigenvalue weighted by molar-refractivity contribution is 6.03. The third-order valence-corrected chi connectivity index (χ3v) is 3.54. The lowest BCUT2D eigenvalue weighted by atomic mass is 10.0. The second-order valence-electron chi connectivity index (χ2n) is 5.25. The van der Waals surface area contributed by atoms with Crippen molar-refractivity contribution in [2.24, 2.45) is 5.73 Å². The van der Waals surface area contributed by atoms with Crippen molar-refractivity contribution in [1.82, 2.24) is 10.2 Å². The minimum absolute atomic E-state index is 0. The van der Waals surface area contributed by atoms with Crippen LogP contribution in [-0.2, 0) is 6.54 Å². The molecule has 0 bridgehead atoms. The van der Waals surface area contributed by atoms with Crippen LogP contribution in [0.2, 0.25) is 0 Å². The summed E-state index contributed by atoms with van der Waals surface area (Å²) in [4.78, 5) is 12.1. The van der Waals surface area contributed by atoms with E-state index in [4.69, 9.17) is 5.73 Å². The number of nitrogens with zero attached hydrogens (tertiary/aromatic N) is 1. The van der Waals surface area contributed by atoms with Gasteiger partial charge in [0.15, 0.2) is 5.82 Å². The first-order valence-electron chi connectivity index (χ1n) is 7.29. The van der Waals surface area contributed by atoms with E-state index in [-0.39, 0.29) is 18.3 Å². The van der Waals surface area contributed by atoms with Crippen LogP contribution in [0.25, 0.3) is 0 Å². The number of hydrogen-bond acceptors (Lipinski definition) is 3. The maximum Gasteiger partial charge on any atom is 0.256 e. The molecule has 1 amide bonds. The molecule has 5 nitrogen and oxygen atoms in total. The fourth-order valence-corrected chi connectivity index (χ4v) is 2.22. The summed E-state index contributed by atoms with van der Waals surface area (Å²) in [6, 6.07) is 9.14. The van der Waals surface area contributed by atoms with E-state index < -0.39 is 0 Å². The number of nitrogens with one attached hydrogen (secondary N) is 2. The molecule has 1 aromatic carbocycles. The van der Waals surface area contributed by atoms with Gasteiger partial charge >= 0.3 is 0 Å². The zero-order valence-corrected chi connectivity index (χ0v) is 13.7. The maximum absolute atomic E-state index is 12.1. The van der Waals surface area contributed by atoms with E-state index in [1.165, 1.54) is 0 Å². The number of aromatic amines is 1. The molecule has 2 aromatic rings. The van der Waals surface area contributed by atoms with Crippen LogP contribution in [-0.4, -0.2) is 16.1 Å². The molecule has 120 valence electrons. The van der Waals surface area contributed by atoms with Gasteiger partial charge in [0.25, 0.3) is 5.91 Å². The zero-order valence-electron chi connectivity index (χ0n) is 12.9. The Labute approximate surface area is 137 Å². The van der Waals surface area contributed by atoms with Gasteiger partial charge in [-0.15, -0.1) is 12.4 Å². The van der Waals surface area contributed by atoms with Crippen LogP contribution < -0.4 is 11.1 Å². The average molecular weight is 323 g/mol. The molecule has 1 aromatic heterocycles. The van der Waals surface area contributed by atoms with Gasteiger partial charge < -0.3 is 11.1 Å². The third kappa shape index (κ3) is 4.58.